The first-order valence-electron chi connectivity index (χ1n) is 8.09. The van der Waals surface area contributed by atoms with Crippen molar-refractivity contribution in [1.29, 1.82) is 0 Å². The summed E-state index contributed by atoms with van der Waals surface area (Å²) in [7, 11) is 3.51. The van der Waals surface area contributed by atoms with Gasteiger partial charge in [0.15, 0.2) is 5.96 Å². The first-order valence-corrected chi connectivity index (χ1v) is 8.88. The topological polar surface area (TPSA) is 48.9 Å². The molecule has 6 heteroatoms. The zero-order valence-corrected chi connectivity index (χ0v) is 15.8. The van der Waals surface area contributed by atoms with Crippen LogP contribution in [-0.4, -0.2) is 52.4 Å². The maximum absolute atomic E-state index is 5.14. The van der Waals surface area contributed by atoms with Crippen molar-refractivity contribution < 1.29 is 4.74 Å². The number of aliphatic imine (C=N–C) groups is 1. The van der Waals surface area contributed by atoms with Crippen LogP contribution in [-0.2, 0) is 4.74 Å². The minimum Gasteiger partial charge on any atom is -0.383 e. The first-order chi connectivity index (χ1) is 11.1. The van der Waals surface area contributed by atoms with E-state index in [0.717, 1.165) is 30.1 Å². The fraction of sp³-hybridized carbons (Fsp3) is 0.588. The summed E-state index contributed by atoms with van der Waals surface area (Å²) in [5, 5.41) is 6.77. The number of hydrogen-bond donors (Lipinski definition) is 2. The fourth-order valence-electron chi connectivity index (χ4n) is 2.87. The number of rotatable bonds is 6. The molecule has 0 aliphatic carbocycles. The van der Waals surface area contributed by atoms with Gasteiger partial charge in [-0.3, -0.25) is 4.99 Å². The molecule has 5 nitrogen and oxygen atoms in total. The highest BCUT2D eigenvalue weighted by molar-refractivity contribution is 9.10. The minimum atomic E-state index is 0.243. The van der Waals surface area contributed by atoms with Crippen LogP contribution >= 0.6 is 15.9 Å². The lowest BCUT2D eigenvalue weighted by Crippen LogP contribution is -2.45. The van der Waals surface area contributed by atoms with E-state index >= 15 is 0 Å². The number of methoxy groups -OCH3 is 1. The van der Waals surface area contributed by atoms with Gasteiger partial charge in [-0.2, -0.15) is 0 Å². The number of benzene rings is 1. The van der Waals surface area contributed by atoms with Crippen LogP contribution in [0.1, 0.15) is 13.3 Å². The predicted molar refractivity (Wildman–Crippen MR) is 100 cm³/mol. The van der Waals surface area contributed by atoms with Gasteiger partial charge in [0.2, 0.25) is 0 Å². The van der Waals surface area contributed by atoms with Gasteiger partial charge >= 0.3 is 0 Å². The summed E-state index contributed by atoms with van der Waals surface area (Å²) in [6.07, 6.45) is 1.20. The number of nitrogens with zero attached hydrogens (tertiary/aromatic N) is 2. The van der Waals surface area contributed by atoms with E-state index in [9.17, 15) is 0 Å². The van der Waals surface area contributed by atoms with Crippen molar-refractivity contribution in [3.05, 3.63) is 28.7 Å². The molecule has 0 radical (unpaired) electrons. The van der Waals surface area contributed by atoms with E-state index in [-0.39, 0.29) is 6.04 Å². The molecule has 2 unspecified atom stereocenters. The monoisotopic (exact) mass is 382 g/mol. The van der Waals surface area contributed by atoms with E-state index in [1.165, 1.54) is 12.1 Å². The third-order valence-corrected chi connectivity index (χ3v) is 4.53. The van der Waals surface area contributed by atoms with Crippen molar-refractivity contribution in [3.63, 3.8) is 0 Å². The quantitative estimate of drug-likeness (QED) is 0.586. The third-order valence-electron chi connectivity index (χ3n) is 4.04. The molecule has 1 heterocycles. The van der Waals surface area contributed by atoms with Gasteiger partial charge < -0.3 is 20.3 Å². The average molecular weight is 383 g/mol. The summed E-state index contributed by atoms with van der Waals surface area (Å²) in [6, 6.07) is 8.76. The van der Waals surface area contributed by atoms with Gasteiger partial charge in [-0.25, -0.2) is 0 Å². The zero-order valence-electron chi connectivity index (χ0n) is 14.2. The van der Waals surface area contributed by atoms with E-state index in [0.29, 0.717) is 12.5 Å². The van der Waals surface area contributed by atoms with Gasteiger partial charge in [0.05, 0.1) is 6.61 Å². The summed E-state index contributed by atoms with van der Waals surface area (Å²) < 4.78 is 6.28. The van der Waals surface area contributed by atoms with Crippen LogP contribution in [0, 0.1) is 5.92 Å². The van der Waals surface area contributed by atoms with Gasteiger partial charge in [-0.15, -0.1) is 0 Å². The van der Waals surface area contributed by atoms with Crippen molar-refractivity contribution in [2.75, 3.05) is 45.3 Å². The maximum atomic E-state index is 5.14. The number of guanidine groups is 1. The lowest BCUT2D eigenvalue weighted by Gasteiger charge is -2.21. The van der Waals surface area contributed by atoms with E-state index in [4.69, 9.17) is 4.74 Å². The Morgan fingerprint density at radius 1 is 1.52 bits per heavy atom. The van der Waals surface area contributed by atoms with Crippen LogP contribution < -0.4 is 15.5 Å². The second-order valence-corrected chi connectivity index (χ2v) is 6.95. The molecule has 0 aromatic heterocycles. The van der Waals surface area contributed by atoms with Crippen LogP contribution in [0.4, 0.5) is 5.69 Å². The number of halogens is 1. The molecule has 1 aliphatic rings. The summed E-state index contributed by atoms with van der Waals surface area (Å²) >= 11 is 3.55. The molecule has 0 amide bonds. The van der Waals surface area contributed by atoms with Gasteiger partial charge in [-0.1, -0.05) is 22.0 Å². The Kier molecular flexibility index (Phi) is 7.17. The Labute approximate surface area is 147 Å². The normalized spacial score (nSPS) is 19.7. The Balaban J connectivity index is 1.79. The Hall–Kier alpha value is -1.27. The molecule has 0 bridgehead atoms. The molecule has 1 aromatic carbocycles. The van der Waals surface area contributed by atoms with Crippen LogP contribution in [0.15, 0.2) is 33.7 Å². The third kappa shape index (κ3) is 5.70. The number of nitrogens with one attached hydrogen (secondary N) is 2. The fourth-order valence-corrected chi connectivity index (χ4v) is 3.25. The molecule has 2 rings (SSSR count). The van der Waals surface area contributed by atoms with E-state index in [1.54, 1.807) is 14.2 Å². The van der Waals surface area contributed by atoms with Gasteiger partial charge in [0, 0.05) is 50.0 Å². The minimum absolute atomic E-state index is 0.243. The predicted octanol–water partition coefficient (Wildman–Crippen LogP) is 2.48. The molecular formula is C17H27BrN4O. The van der Waals surface area contributed by atoms with Crippen molar-refractivity contribution in [2.24, 2.45) is 10.9 Å². The van der Waals surface area contributed by atoms with E-state index in [2.05, 4.69) is 67.6 Å². The molecule has 2 N–H and O–H groups in total. The van der Waals surface area contributed by atoms with Crippen molar-refractivity contribution >= 4 is 27.6 Å². The molecule has 1 aliphatic heterocycles. The highest BCUT2D eigenvalue weighted by Gasteiger charge is 2.23. The summed E-state index contributed by atoms with van der Waals surface area (Å²) in [4.78, 5) is 6.72. The molecular weight excluding hydrogens is 356 g/mol. The number of hydrogen-bond acceptors (Lipinski definition) is 3. The standard InChI is InChI=1S/C17H27BrN4O/c1-13(12-23-3)21-17(19-2)20-10-14-7-8-22(11-14)16-6-4-5-15(18)9-16/h4-6,9,13-14H,7-8,10-12H2,1-3H3,(H2,19,20,21). The van der Waals surface area contributed by atoms with Gasteiger partial charge in [0.1, 0.15) is 0 Å². The molecule has 1 fully saturated rings. The Bertz CT molecular complexity index is 523. The number of ether oxygens (including phenoxy) is 1. The highest BCUT2D eigenvalue weighted by atomic mass is 79.9. The number of anilines is 1. The van der Waals surface area contributed by atoms with Crippen LogP contribution in [0.3, 0.4) is 0 Å². The van der Waals surface area contributed by atoms with E-state index < -0.39 is 0 Å². The highest BCUT2D eigenvalue weighted by Crippen LogP contribution is 2.25. The van der Waals surface area contributed by atoms with Crippen LogP contribution in [0.5, 0.6) is 0 Å². The van der Waals surface area contributed by atoms with E-state index in [1.807, 2.05) is 0 Å². The van der Waals surface area contributed by atoms with Gasteiger partial charge in [0.25, 0.3) is 0 Å². The van der Waals surface area contributed by atoms with Crippen molar-refractivity contribution in [3.8, 4) is 0 Å². The molecule has 23 heavy (non-hydrogen) atoms. The maximum Gasteiger partial charge on any atom is 0.191 e. The molecule has 1 aromatic rings. The summed E-state index contributed by atoms with van der Waals surface area (Å²) in [5.41, 5.74) is 1.29. The molecule has 1 saturated heterocycles. The molecule has 2 atom stereocenters. The molecule has 0 spiro atoms. The first kappa shape index (κ1) is 18.1. The second-order valence-electron chi connectivity index (χ2n) is 6.03. The Morgan fingerprint density at radius 2 is 2.35 bits per heavy atom. The van der Waals surface area contributed by atoms with Crippen molar-refractivity contribution in [2.45, 2.75) is 19.4 Å². The largest absolute Gasteiger partial charge is 0.383 e. The van der Waals surface area contributed by atoms with Crippen LogP contribution in [0.25, 0.3) is 0 Å². The molecule has 128 valence electrons. The zero-order chi connectivity index (χ0) is 16.7. The summed E-state index contributed by atoms with van der Waals surface area (Å²) in [5.74, 6) is 1.47. The Morgan fingerprint density at radius 3 is 3.04 bits per heavy atom. The summed E-state index contributed by atoms with van der Waals surface area (Å²) in [6.45, 7) is 5.87. The second kappa shape index (κ2) is 9.13. The molecule has 0 saturated carbocycles. The SMILES string of the molecule is CN=C(NCC1CCN(c2cccc(Br)c2)C1)NC(C)COC. The van der Waals surface area contributed by atoms with Gasteiger partial charge in [-0.05, 0) is 37.5 Å². The lowest BCUT2D eigenvalue weighted by atomic mass is 10.1. The smallest absolute Gasteiger partial charge is 0.191 e. The van der Waals surface area contributed by atoms with Crippen molar-refractivity contribution in [1.82, 2.24) is 10.6 Å². The lowest BCUT2D eigenvalue weighted by molar-refractivity contribution is 0.179. The van der Waals surface area contributed by atoms with Crippen LogP contribution in [0.2, 0.25) is 0 Å². The average Bonchev–Trinajstić information content (AvgIpc) is 3.00.